The summed E-state index contributed by atoms with van der Waals surface area (Å²) < 4.78 is 0. The van der Waals surface area contributed by atoms with Gasteiger partial charge in [0.15, 0.2) is 5.69 Å². The summed E-state index contributed by atoms with van der Waals surface area (Å²) in [4.78, 5) is 8.09. The minimum Gasteiger partial charge on any atom is -0.339 e. The van der Waals surface area contributed by atoms with Crippen LogP contribution in [0.5, 0.6) is 0 Å². The molecule has 0 fully saturated rings. The fourth-order valence-corrected chi connectivity index (χ4v) is 1.57. The monoisotopic (exact) mass is 238 g/mol. The first-order chi connectivity index (χ1) is 8.69. The molecule has 0 aliphatic heterocycles. The molecule has 0 aliphatic carbocycles. The zero-order valence-corrected chi connectivity index (χ0v) is 10.4. The Morgan fingerprint density at radius 1 is 1.22 bits per heavy atom. The lowest BCUT2D eigenvalue weighted by atomic mass is 10.0. The van der Waals surface area contributed by atoms with Gasteiger partial charge in [0.05, 0.1) is 12.4 Å². The van der Waals surface area contributed by atoms with Gasteiger partial charge in [-0.15, -0.1) is 0 Å². The van der Waals surface area contributed by atoms with Crippen molar-refractivity contribution in [1.82, 2.24) is 9.97 Å². The quantitative estimate of drug-likeness (QED) is 0.891. The summed E-state index contributed by atoms with van der Waals surface area (Å²) in [6, 6.07) is 10.1. The van der Waals surface area contributed by atoms with Crippen LogP contribution in [-0.4, -0.2) is 9.97 Å². The molecule has 0 saturated heterocycles. The molecule has 0 bridgehead atoms. The number of nitrogens with one attached hydrogen (secondary N) is 1. The molecule has 1 N–H and O–H groups in total. The molecule has 0 amide bonds. The second-order valence-corrected chi connectivity index (χ2v) is 4.30. The van der Waals surface area contributed by atoms with Crippen LogP contribution < -0.4 is 5.32 Å². The molecule has 0 saturated carbocycles. The molecule has 4 heteroatoms. The maximum absolute atomic E-state index is 8.64. The van der Waals surface area contributed by atoms with Gasteiger partial charge >= 0.3 is 0 Å². The number of rotatable bonds is 3. The van der Waals surface area contributed by atoms with E-state index < -0.39 is 0 Å². The van der Waals surface area contributed by atoms with E-state index in [9.17, 15) is 0 Å². The predicted molar refractivity (Wildman–Crippen MR) is 70.6 cm³/mol. The van der Waals surface area contributed by atoms with Crippen molar-refractivity contribution >= 4 is 11.5 Å². The summed E-state index contributed by atoms with van der Waals surface area (Å²) in [5.74, 6) is 1.12. The molecule has 90 valence electrons. The molecule has 0 radical (unpaired) electrons. The zero-order chi connectivity index (χ0) is 13.0. The number of anilines is 2. The third-order valence-electron chi connectivity index (χ3n) is 2.59. The lowest BCUT2D eigenvalue weighted by Crippen LogP contribution is -1.96. The average molecular weight is 238 g/mol. The molecule has 0 spiro atoms. The number of hydrogen-bond acceptors (Lipinski definition) is 4. The molecular formula is C14H14N4. The van der Waals surface area contributed by atoms with Crippen LogP contribution in [0.4, 0.5) is 11.5 Å². The highest BCUT2D eigenvalue weighted by molar-refractivity contribution is 5.56. The van der Waals surface area contributed by atoms with Crippen LogP contribution in [-0.2, 0) is 0 Å². The highest BCUT2D eigenvalue weighted by Gasteiger charge is 2.01. The van der Waals surface area contributed by atoms with E-state index in [1.54, 1.807) is 6.20 Å². The van der Waals surface area contributed by atoms with Gasteiger partial charge in [-0.2, -0.15) is 5.26 Å². The first kappa shape index (κ1) is 12.1. The van der Waals surface area contributed by atoms with Crippen LogP contribution in [0.2, 0.25) is 0 Å². The molecule has 1 heterocycles. The van der Waals surface area contributed by atoms with Crippen LogP contribution in [0.1, 0.15) is 31.0 Å². The van der Waals surface area contributed by atoms with Crippen molar-refractivity contribution < 1.29 is 0 Å². The van der Waals surface area contributed by atoms with Crippen LogP contribution in [0.3, 0.4) is 0 Å². The Kier molecular flexibility index (Phi) is 3.54. The molecule has 2 aromatic rings. The molecule has 0 atom stereocenters. The highest BCUT2D eigenvalue weighted by Crippen LogP contribution is 2.20. The fourth-order valence-electron chi connectivity index (χ4n) is 1.57. The number of aromatic nitrogens is 2. The number of nitrogens with zero attached hydrogens (tertiary/aromatic N) is 3. The van der Waals surface area contributed by atoms with E-state index in [-0.39, 0.29) is 0 Å². The molecule has 2 rings (SSSR count). The molecule has 18 heavy (non-hydrogen) atoms. The topological polar surface area (TPSA) is 61.6 Å². The normalized spacial score (nSPS) is 10.1. The molecule has 0 unspecified atom stereocenters. The zero-order valence-electron chi connectivity index (χ0n) is 10.4. The van der Waals surface area contributed by atoms with E-state index in [1.807, 2.05) is 18.2 Å². The minimum absolute atomic E-state index is 0.316. The van der Waals surface area contributed by atoms with Crippen molar-refractivity contribution in [2.45, 2.75) is 19.8 Å². The van der Waals surface area contributed by atoms with E-state index in [1.165, 1.54) is 11.8 Å². The van der Waals surface area contributed by atoms with E-state index in [4.69, 9.17) is 5.26 Å². The fraction of sp³-hybridized carbons (Fsp3) is 0.214. The van der Waals surface area contributed by atoms with Crippen molar-refractivity contribution in [3.63, 3.8) is 0 Å². The molecule has 1 aromatic heterocycles. The van der Waals surface area contributed by atoms with E-state index in [0.717, 1.165) is 5.69 Å². The lowest BCUT2D eigenvalue weighted by Gasteiger charge is -2.09. The standard InChI is InChI=1S/C14H14N4/c1-10(2)11-4-3-5-12(6-11)18-14-9-16-13(7-15)8-17-14/h3-6,8-10H,1-2H3,(H,17,18). The van der Waals surface area contributed by atoms with Crippen LogP contribution in [0.15, 0.2) is 36.7 Å². The van der Waals surface area contributed by atoms with Crippen molar-refractivity contribution in [1.29, 1.82) is 5.26 Å². The van der Waals surface area contributed by atoms with Gasteiger partial charge in [0.2, 0.25) is 0 Å². The Balaban J connectivity index is 2.18. The van der Waals surface area contributed by atoms with Crippen molar-refractivity contribution in [3.8, 4) is 6.07 Å². The molecule has 4 nitrogen and oxygen atoms in total. The van der Waals surface area contributed by atoms with Gasteiger partial charge in [-0.25, -0.2) is 9.97 Å². The van der Waals surface area contributed by atoms with Crippen molar-refractivity contribution in [3.05, 3.63) is 47.9 Å². The predicted octanol–water partition coefficient (Wildman–Crippen LogP) is 3.22. The third-order valence-corrected chi connectivity index (χ3v) is 2.59. The van der Waals surface area contributed by atoms with Gasteiger partial charge in [-0.05, 0) is 23.6 Å². The number of benzene rings is 1. The van der Waals surface area contributed by atoms with Gasteiger partial charge in [-0.3, -0.25) is 0 Å². The summed E-state index contributed by atoms with van der Waals surface area (Å²) in [6.45, 7) is 4.31. The smallest absolute Gasteiger partial charge is 0.158 e. The third kappa shape index (κ3) is 2.83. The largest absolute Gasteiger partial charge is 0.339 e. The second kappa shape index (κ2) is 5.28. The molecule has 1 aromatic carbocycles. The average Bonchev–Trinajstić information content (AvgIpc) is 2.40. The first-order valence-electron chi connectivity index (χ1n) is 5.78. The number of nitriles is 1. The maximum atomic E-state index is 8.64. The maximum Gasteiger partial charge on any atom is 0.158 e. The Morgan fingerprint density at radius 2 is 2.06 bits per heavy atom. The van der Waals surface area contributed by atoms with Crippen LogP contribution in [0.25, 0.3) is 0 Å². The summed E-state index contributed by atoms with van der Waals surface area (Å²) in [7, 11) is 0. The molecule has 0 aliphatic rings. The van der Waals surface area contributed by atoms with Gasteiger partial charge in [0, 0.05) is 5.69 Å². The Morgan fingerprint density at radius 3 is 2.67 bits per heavy atom. The minimum atomic E-state index is 0.316. The van der Waals surface area contributed by atoms with Crippen LogP contribution >= 0.6 is 0 Å². The van der Waals surface area contributed by atoms with E-state index in [0.29, 0.717) is 17.4 Å². The Hall–Kier alpha value is -2.41. The van der Waals surface area contributed by atoms with Crippen molar-refractivity contribution in [2.24, 2.45) is 0 Å². The first-order valence-corrected chi connectivity index (χ1v) is 5.78. The number of hydrogen-bond donors (Lipinski definition) is 1. The van der Waals surface area contributed by atoms with Crippen molar-refractivity contribution in [2.75, 3.05) is 5.32 Å². The summed E-state index contributed by atoms with van der Waals surface area (Å²) in [6.07, 6.45) is 3.01. The summed E-state index contributed by atoms with van der Waals surface area (Å²) in [5.41, 5.74) is 2.55. The highest BCUT2D eigenvalue weighted by atomic mass is 15.0. The van der Waals surface area contributed by atoms with E-state index >= 15 is 0 Å². The Labute approximate surface area is 106 Å². The summed E-state index contributed by atoms with van der Waals surface area (Å²) >= 11 is 0. The van der Waals surface area contributed by atoms with Gasteiger partial charge in [0.25, 0.3) is 0 Å². The second-order valence-electron chi connectivity index (χ2n) is 4.30. The van der Waals surface area contributed by atoms with Crippen LogP contribution in [0, 0.1) is 11.3 Å². The van der Waals surface area contributed by atoms with Gasteiger partial charge in [0.1, 0.15) is 11.9 Å². The van der Waals surface area contributed by atoms with Gasteiger partial charge < -0.3 is 5.32 Å². The lowest BCUT2D eigenvalue weighted by molar-refractivity contribution is 0.867. The molecular weight excluding hydrogens is 224 g/mol. The SMILES string of the molecule is CC(C)c1cccc(Nc2cnc(C#N)cn2)c1. The summed E-state index contributed by atoms with van der Waals surface area (Å²) in [5, 5.41) is 11.8. The van der Waals surface area contributed by atoms with Gasteiger partial charge in [-0.1, -0.05) is 26.0 Å². The Bertz CT molecular complexity index is 567. The van der Waals surface area contributed by atoms with E-state index in [2.05, 4.69) is 41.3 Å².